The second-order valence-electron chi connectivity index (χ2n) is 10.2. The van der Waals surface area contributed by atoms with Crippen molar-refractivity contribution in [1.29, 1.82) is 0 Å². The number of hydrogen-bond donors (Lipinski definition) is 0. The van der Waals surface area contributed by atoms with E-state index in [0.29, 0.717) is 0 Å². The van der Waals surface area contributed by atoms with Gasteiger partial charge in [-0.25, -0.2) is 0 Å². The van der Waals surface area contributed by atoms with E-state index in [1.807, 2.05) is 24.3 Å². The van der Waals surface area contributed by atoms with Crippen LogP contribution in [-0.2, 0) is 0 Å². The molecule has 0 atom stereocenters. The summed E-state index contributed by atoms with van der Waals surface area (Å²) in [6.07, 6.45) is 7.71. The molecule has 0 amide bonds. The van der Waals surface area contributed by atoms with Crippen LogP contribution in [0.25, 0.3) is 90.0 Å². The maximum absolute atomic E-state index is 6.55. The maximum atomic E-state index is 6.55. The third kappa shape index (κ3) is 3.56. The Morgan fingerprint density at radius 1 is 0.463 bits per heavy atom. The van der Waals surface area contributed by atoms with E-state index in [-0.39, 0.29) is 0 Å². The standard InChI is InChI=1S/C40H28O/c1-5-25-16-13-20-31(27(25)6-2)37-28(7-3)29(8-4)38(33-19-12-11-18-32(33)37)34-21-14-22-36-39(34)35-24-23-26-15-9-10-17-30(26)40(35)41-36/h5-24H,1-4H2. The summed E-state index contributed by atoms with van der Waals surface area (Å²) in [5.41, 5.74) is 10.4. The molecule has 6 aromatic carbocycles. The minimum Gasteiger partial charge on any atom is -0.455 e. The van der Waals surface area contributed by atoms with Crippen LogP contribution in [0.2, 0.25) is 0 Å². The van der Waals surface area contributed by atoms with Crippen LogP contribution < -0.4 is 0 Å². The molecule has 1 nitrogen and oxygen atoms in total. The van der Waals surface area contributed by atoms with E-state index in [1.54, 1.807) is 0 Å². The average molecular weight is 525 g/mol. The number of furan rings is 1. The van der Waals surface area contributed by atoms with Crippen molar-refractivity contribution in [2.45, 2.75) is 0 Å². The first-order chi connectivity index (χ1) is 20.2. The largest absolute Gasteiger partial charge is 0.455 e. The fraction of sp³-hybridized carbons (Fsp3) is 0. The Labute approximate surface area is 239 Å². The molecule has 0 spiro atoms. The van der Waals surface area contributed by atoms with Crippen LogP contribution in [0.4, 0.5) is 0 Å². The van der Waals surface area contributed by atoms with Crippen LogP contribution in [0, 0.1) is 0 Å². The minimum absolute atomic E-state index is 0.866. The van der Waals surface area contributed by atoms with Crippen molar-refractivity contribution in [2.75, 3.05) is 0 Å². The molecule has 0 radical (unpaired) electrons. The highest BCUT2D eigenvalue weighted by molar-refractivity contribution is 6.22. The lowest BCUT2D eigenvalue weighted by Crippen LogP contribution is -1.98. The molecule has 0 bridgehead atoms. The third-order valence-electron chi connectivity index (χ3n) is 8.19. The van der Waals surface area contributed by atoms with Gasteiger partial charge in [-0.15, -0.1) is 0 Å². The van der Waals surface area contributed by atoms with Crippen LogP contribution in [0.5, 0.6) is 0 Å². The van der Waals surface area contributed by atoms with Gasteiger partial charge in [0.2, 0.25) is 0 Å². The zero-order chi connectivity index (χ0) is 28.1. The van der Waals surface area contributed by atoms with Gasteiger partial charge >= 0.3 is 0 Å². The molecule has 0 aliphatic rings. The summed E-state index contributed by atoms with van der Waals surface area (Å²) < 4.78 is 6.55. The molecular weight excluding hydrogens is 496 g/mol. The summed E-state index contributed by atoms with van der Waals surface area (Å²) in [4.78, 5) is 0. The van der Waals surface area contributed by atoms with E-state index >= 15 is 0 Å². The van der Waals surface area contributed by atoms with E-state index in [9.17, 15) is 0 Å². The molecule has 41 heavy (non-hydrogen) atoms. The smallest absolute Gasteiger partial charge is 0.143 e. The predicted octanol–water partition coefficient (Wildman–Crippen LogP) is 11.8. The minimum atomic E-state index is 0.866. The van der Waals surface area contributed by atoms with Gasteiger partial charge in [-0.05, 0) is 72.8 Å². The fourth-order valence-corrected chi connectivity index (χ4v) is 6.45. The molecule has 1 aromatic heterocycles. The molecule has 0 saturated heterocycles. The molecule has 7 rings (SSSR count). The molecule has 0 N–H and O–H groups in total. The average Bonchev–Trinajstić information content (AvgIpc) is 3.42. The normalized spacial score (nSPS) is 11.3. The lowest BCUT2D eigenvalue weighted by molar-refractivity contribution is 0.673. The zero-order valence-corrected chi connectivity index (χ0v) is 22.8. The molecular formula is C40H28O. The van der Waals surface area contributed by atoms with Crippen LogP contribution in [0.3, 0.4) is 0 Å². The first-order valence-corrected chi connectivity index (χ1v) is 13.7. The highest BCUT2D eigenvalue weighted by Gasteiger charge is 2.23. The van der Waals surface area contributed by atoms with Gasteiger partial charge in [-0.1, -0.05) is 136 Å². The topological polar surface area (TPSA) is 13.1 Å². The Morgan fingerprint density at radius 2 is 1.07 bits per heavy atom. The van der Waals surface area contributed by atoms with E-state index in [1.165, 1.54) is 0 Å². The van der Waals surface area contributed by atoms with Gasteiger partial charge in [-0.2, -0.15) is 0 Å². The SMILES string of the molecule is C=Cc1cccc(-c2c(C=C)c(C=C)c(-c3cccc4oc5c6ccccc6ccc5c34)c3ccccc23)c1C=C. The van der Waals surface area contributed by atoms with Gasteiger partial charge in [0.15, 0.2) is 0 Å². The monoisotopic (exact) mass is 524 g/mol. The van der Waals surface area contributed by atoms with Gasteiger partial charge in [0.25, 0.3) is 0 Å². The number of benzene rings is 6. The lowest BCUT2D eigenvalue weighted by atomic mass is 9.81. The first-order valence-electron chi connectivity index (χ1n) is 13.7. The van der Waals surface area contributed by atoms with Gasteiger partial charge in [-0.3, -0.25) is 0 Å². The van der Waals surface area contributed by atoms with E-state index in [4.69, 9.17) is 4.42 Å². The summed E-state index contributed by atoms with van der Waals surface area (Å²) in [7, 11) is 0. The van der Waals surface area contributed by atoms with Crippen molar-refractivity contribution in [2.24, 2.45) is 0 Å². The summed E-state index contributed by atoms with van der Waals surface area (Å²) in [5.74, 6) is 0. The van der Waals surface area contributed by atoms with Crippen molar-refractivity contribution < 1.29 is 4.42 Å². The Morgan fingerprint density at radius 3 is 1.76 bits per heavy atom. The second-order valence-corrected chi connectivity index (χ2v) is 10.2. The number of fused-ring (bicyclic) bond motifs is 6. The Balaban J connectivity index is 1.66. The highest BCUT2D eigenvalue weighted by atomic mass is 16.3. The first kappa shape index (κ1) is 24.6. The molecule has 0 fully saturated rings. The highest BCUT2D eigenvalue weighted by Crippen LogP contribution is 2.48. The van der Waals surface area contributed by atoms with Crippen LogP contribution >= 0.6 is 0 Å². The van der Waals surface area contributed by atoms with Crippen molar-refractivity contribution in [1.82, 2.24) is 0 Å². The van der Waals surface area contributed by atoms with E-state index < -0.39 is 0 Å². The summed E-state index contributed by atoms with van der Waals surface area (Å²) in [6, 6.07) is 34.0. The summed E-state index contributed by atoms with van der Waals surface area (Å²) >= 11 is 0. The molecule has 7 aromatic rings. The zero-order valence-electron chi connectivity index (χ0n) is 22.8. The van der Waals surface area contributed by atoms with Crippen LogP contribution in [0.15, 0.2) is 128 Å². The van der Waals surface area contributed by atoms with Crippen molar-refractivity contribution >= 4 is 67.8 Å². The van der Waals surface area contributed by atoms with Crippen molar-refractivity contribution in [3.63, 3.8) is 0 Å². The van der Waals surface area contributed by atoms with E-state index in [2.05, 4.69) is 123 Å². The van der Waals surface area contributed by atoms with Gasteiger partial charge in [0.1, 0.15) is 11.2 Å². The van der Waals surface area contributed by atoms with Crippen molar-refractivity contribution in [3.8, 4) is 22.3 Å². The molecule has 194 valence electrons. The summed E-state index contributed by atoms with van der Waals surface area (Å²) in [6.45, 7) is 16.8. The Bertz CT molecular complexity index is 2220. The Kier molecular flexibility index (Phi) is 5.80. The molecule has 1 heteroatoms. The fourth-order valence-electron chi connectivity index (χ4n) is 6.45. The quantitative estimate of drug-likeness (QED) is 0.211. The predicted molar refractivity (Wildman–Crippen MR) is 180 cm³/mol. The molecule has 0 aliphatic carbocycles. The van der Waals surface area contributed by atoms with Gasteiger partial charge < -0.3 is 4.42 Å². The Hall–Kier alpha value is -5.40. The third-order valence-corrected chi connectivity index (χ3v) is 8.19. The number of rotatable bonds is 6. The van der Waals surface area contributed by atoms with Crippen LogP contribution in [-0.4, -0.2) is 0 Å². The van der Waals surface area contributed by atoms with Crippen molar-refractivity contribution in [3.05, 3.63) is 146 Å². The summed E-state index contributed by atoms with van der Waals surface area (Å²) in [5, 5.41) is 6.76. The maximum Gasteiger partial charge on any atom is 0.143 e. The molecule has 0 saturated carbocycles. The van der Waals surface area contributed by atoms with E-state index in [0.717, 1.165) is 88.0 Å². The van der Waals surface area contributed by atoms with Gasteiger partial charge in [0.05, 0.1) is 0 Å². The molecule has 1 heterocycles. The molecule has 0 unspecified atom stereocenters. The van der Waals surface area contributed by atoms with Gasteiger partial charge in [0, 0.05) is 16.2 Å². The van der Waals surface area contributed by atoms with Crippen LogP contribution in [0.1, 0.15) is 22.3 Å². The molecule has 0 aliphatic heterocycles. The number of hydrogen-bond acceptors (Lipinski definition) is 1. The second kappa shape index (κ2) is 9.66. The lowest BCUT2D eigenvalue weighted by Gasteiger charge is -2.22.